The van der Waals surface area contributed by atoms with Gasteiger partial charge in [0, 0.05) is 0 Å². The molecule has 0 saturated heterocycles. The summed E-state index contributed by atoms with van der Waals surface area (Å²) in [7, 11) is 0. The Labute approximate surface area is 187 Å². The van der Waals surface area contributed by atoms with Crippen LogP contribution in [0.4, 0.5) is 0 Å². The van der Waals surface area contributed by atoms with E-state index in [1.807, 2.05) is 11.1 Å². The number of fused-ring (bicyclic) bond motifs is 4. The summed E-state index contributed by atoms with van der Waals surface area (Å²) in [6.07, 6.45) is 19.9. The Morgan fingerprint density at radius 1 is 1.03 bits per heavy atom. The molecule has 0 N–H and O–H groups in total. The Hall–Kier alpha value is -0.780. The molecule has 1 saturated carbocycles. The Kier molecular flexibility index (Phi) is 5.52. The second kappa shape index (κ2) is 7.38. The van der Waals surface area contributed by atoms with Gasteiger partial charge in [-0.2, -0.15) is 0 Å². The molecule has 0 heteroatoms. The molecule has 4 aliphatic carbocycles. The summed E-state index contributed by atoms with van der Waals surface area (Å²) in [5.74, 6) is 2.57. The fourth-order valence-corrected chi connectivity index (χ4v) is 9.09. The first-order valence-electron chi connectivity index (χ1n) is 13.0. The van der Waals surface area contributed by atoms with E-state index in [-0.39, 0.29) is 0 Å². The fourth-order valence-electron chi connectivity index (χ4n) is 9.09. The smallest absolute Gasteiger partial charge is 0.00426 e. The van der Waals surface area contributed by atoms with E-state index in [1.54, 1.807) is 0 Å². The Balaban J connectivity index is 1.65. The summed E-state index contributed by atoms with van der Waals surface area (Å²) in [4.78, 5) is 0. The third kappa shape index (κ3) is 3.14. The van der Waals surface area contributed by atoms with Gasteiger partial charge in [-0.15, -0.1) is 0 Å². The number of allylic oxidation sites excluding steroid dienone is 6. The SMILES string of the molecule is CC(C)=CCC[C@@H](C)[C@H]1CC[C@@]2(C)C3=C(CC[C@]12C)[C@@]1(C)CC=CC(C)(C)[C@@H]1CC3. The molecule has 4 aliphatic rings. The highest BCUT2D eigenvalue weighted by molar-refractivity contribution is 5.39. The van der Waals surface area contributed by atoms with Gasteiger partial charge in [-0.3, -0.25) is 0 Å². The van der Waals surface area contributed by atoms with Gasteiger partial charge in [-0.1, -0.05) is 76.5 Å². The van der Waals surface area contributed by atoms with E-state index < -0.39 is 0 Å². The third-order valence-corrected chi connectivity index (χ3v) is 10.9. The molecule has 0 amide bonds. The molecular formula is C30H48. The van der Waals surface area contributed by atoms with Gasteiger partial charge in [0.25, 0.3) is 0 Å². The zero-order valence-corrected chi connectivity index (χ0v) is 21.3. The quantitative estimate of drug-likeness (QED) is 0.406. The van der Waals surface area contributed by atoms with Crippen molar-refractivity contribution < 1.29 is 0 Å². The molecule has 168 valence electrons. The highest BCUT2D eigenvalue weighted by Crippen LogP contribution is 2.72. The van der Waals surface area contributed by atoms with Crippen LogP contribution >= 0.6 is 0 Å². The van der Waals surface area contributed by atoms with Gasteiger partial charge in [0.05, 0.1) is 0 Å². The van der Waals surface area contributed by atoms with Crippen molar-refractivity contribution in [2.24, 2.45) is 39.4 Å². The molecule has 0 nitrogen and oxygen atoms in total. The highest BCUT2D eigenvalue weighted by atomic mass is 14.7. The van der Waals surface area contributed by atoms with Crippen molar-refractivity contribution >= 4 is 0 Å². The van der Waals surface area contributed by atoms with Crippen LogP contribution in [-0.4, -0.2) is 0 Å². The molecule has 0 spiro atoms. The lowest BCUT2D eigenvalue weighted by Crippen LogP contribution is -2.50. The highest BCUT2D eigenvalue weighted by Gasteiger charge is 2.62. The van der Waals surface area contributed by atoms with Crippen LogP contribution < -0.4 is 0 Å². The summed E-state index contributed by atoms with van der Waals surface area (Å²) in [6.45, 7) is 20.1. The van der Waals surface area contributed by atoms with Crippen molar-refractivity contribution in [2.75, 3.05) is 0 Å². The maximum absolute atomic E-state index is 2.70. The van der Waals surface area contributed by atoms with Crippen molar-refractivity contribution in [3.8, 4) is 0 Å². The lowest BCUT2D eigenvalue weighted by Gasteiger charge is -2.60. The first-order valence-corrected chi connectivity index (χ1v) is 13.0. The van der Waals surface area contributed by atoms with Crippen LogP contribution in [0.5, 0.6) is 0 Å². The van der Waals surface area contributed by atoms with Crippen molar-refractivity contribution in [3.63, 3.8) is 0 Å². The second-order valence-corrected chi connectivity index (χ2v) is 13.1. The minimum atomic E-state index is 0.352. The van der Waals surface area contributed by atoms with E-state index in [2.05, 4.69) is 73.6 Å². The molecule has 1 fully saturated rings. The number of hydrogen-bond donors (Lipinski definition) is 0. The first kappa shape index (κ1) is 22.4. The van der Waals surface area contributed by atoms with Gasteiger partial charge >= 0.3 is 0 Å². The van der Waals surface area contributed by atoms with Crippen LogP contribution in [0.2, 0.25) is 0 Å². The molecule has 0 radical (unpaired) electrons. The Bertz CT molecular complexity index is 772. The molecule has 0 unspecified atom stereocenters. The van der Waals surface area contributed by atoms with Crippen LogP contribution in [0.25, 0.3) is 0 Å². The van der Waals surface area contributed by atoms with Crippen LogP contribution in [0.1, 0.15) is 113 Å². The average molecular weight is 409 g/mol. The molecule has 0 aliphatic heterocycles. The molecular weight excluding hydrogens is 360 g/mol. The zero-order valence-electron chi connectivity index (χ0n) is 21.3. The summed E-state index contributed by atoms with van der Waals surface area (Å²) in [5.41, 5.74) is 7.02. The summed E-state index contributed by atoms with van der Waals surface area (Å²) in [5, 5.41) is 0. The van der Waals surface area contributed by atoms with Crippen LogP contribution in [0, 0.1) is 39.4 Å². The summed E-state index contributed by atoms with van der Waals surface area (Å²) in [6, 6.07) is 0. The molecule has 4 rings (SSSR count). The van der Waals surface area contributed by atoms with Crippen molar-refractivity contribution in [3.05, 3.63) is 34.9 Å². The van der Waals surface area contributed by atoms with Crippen LogP contribution in [-0.2, 0) is 0 Å². The molecule has 0 aromatic rings. The molecule has 6 atom stereocenters. The first-order chi connectivity index (χ1) is 14.0. The Morgan fingerprint density at radius 3 is 2.47 bits per heavy atom. The van der Waals surface area contributed by atoms with Crippen molar-refractivity contribution in [1.82, 2.24) is 0 Å². The summed E-state index contributed by atoms with van der Waals surface area (Å²) < 4.78 is 0. The van der Waals surface area contributed by atoms with Crippen LogP contribution in [0.15, 0.2) is 34.9 Å². The minimum absolute atomic E-state index is 0.352. The van der Waals surface area contributed by atoms with E-state index >= 15 is 0 Å². The largest absolute Gasteiger partial charge is 0.0871 e. The van der Waals surface area contributed by atoms with Crippen LogP contribution in [0.3, 0.4) is 0 Å². The summed E-state index contributed by atoms with van der Waals surface area (Å²) >= 11 is 0. The standard InChI is InChI=1S/C30H48/c1-21(2)11-9-12-22(3)23-15-19-30(8)25-13-14-26-27(4,5)17-10-18-28(26,6)24(25)16-20-29(23,30)7/h10-11,17,22-23,26H,9,12-16,18-20H2,1-8H3/t22-,23-,26+,28-,29-,30+/m1/s1. The monoisotopic (exact) mass is 408 g/mol. The van der Waals surface area contributed by atoms with Gasteiger partial charge in [0.2, 0.25) is 0 Å². The minimum Gasteiger partial charge on any atom is -0.0871 e. The van der Waals surface area contributed by atoms with Gasteiger partial charge in [-0.25, -0.2) is 0 Å². The average Bonchev–Trinajstić information content (AvgIpc) is 2.92. The van der Waals surface area contributed by atoms with E-state index in [4.69, 9.17) is 0 Å². The lowest BCUT2D eigenvalue weighted by atomic mass is 9.44. The molecule has 0 bridgehead atoms. The van der Waals surface area contributed by atoms with E-state index in [1.165, 1.54) is 63.4 Å². The van der Waals surface area contributed by atoms with Crippen molar-refractivity contribution in [1.29, 1.82) is 0 Å². The van der Waals surface area contributed by atoms with E-state index in [0.29, 0.717) is 21.7 Å². The maximum Gasteiger partial charge on any atom is -0.00426 e. The van der Waals surface area contributed by atoms with Gasteiger partial charge in [0.1, 0.15) is 0 Å². The third-order valence-electron chi connectivity index (χ3n) is 10.9. The molecule has 30 heavy (non-hydrogen) atoms. The zero-order chi connectivity index (χ0) is 21.9. The second-order valence-electron chi connectivity index (χ2n) is 13.1. The molecule has 0 aromatic heterocycles. The number of hydrogen-bond acceptors (Lipinski definition) is 0. The van der Waals surface area contributed by atoms with Gasteiger partial charge < -0.3 is 0 Å². The normalized spacial score (nSPS) is 42.9. The fraction of sp³-hybridized carbons (Fsp3) is 0.800. The number of rotatable bonds is 4. The van der Waals surface area contributed by atoms with E-state index in [9.17, 15) is 0 Å². The van der Waals surface area contributed by atoms with Crippen molar-refractivity contribution in [2.45, 2.75) is 113 Å². The van der Waals surface area contributed by atoms with Gasteiger partial charge in [0.15, 0.2) is 0 Å². The van der Waals surface area contributed by atoms with Gasteiger partial charge in [-0.05, 0) is 111 Å². The molecule has 0 aromatic carbocycles. The van der Waals surface area contributed by atoms with E-state index in [0.717, 1.165) is 17.8 Å². The molecule has 0 heterocycles. The predicted octanol–water partition coefficient (Wildman–Crippen LogP) is 9.28. The lowest BCUT2D eigenvalue weighted by molar-refractivity contribution is 0.0120. The Morgan fingerprint density at radius 2 is 1.77 bits per heavy atom. The topological polar surface area (TPSA) is 0 Å². The maximum atomic E-state index is 2.70. The predicted molar refractivity (Wildman–Crippen MR) is 131 cm³/mol.